The lowest BCUT2D eigenvalue weighted by molar-refractivity contribution is -0.116. The molecule has 5 nitrogen and oxygen atoms in total. The van der Waals surface area contributed by atoms with E-state index in [4.69, 9.17) is 9.47 Å². The Morgan fingerprint density at radius 1 is 1.15 bits per heavy atom. The summed E-state index contributed by atoms with van der Waals surface area (Å²) in [5.74, 6) is 0.853. The fraction of sp³-hybridized carbons (Fsp3) is 0.381. The van der Waals surface area contributed by atoms with Crippen LogP contribution in [0.4, 0.5) is 11.4 Å². The van der Waals surface area contributed by atoms with Gasteiger partial charge in [0.15, 0.2) is 0 Å². The van der Waals surface area contributed by atoms with Crippen molar-refractivity contribution >= 4 is 17.3 Å². The SMILES string of the molecule is Cc1ccc(N2CCOCC2)cc1NC(=O)CCCOc1ccccc1. The molecule has 0 radical (unpaired) electrons. The van der Waals surface area contributed by atoms with Crippen LogP contribution in [0.25, 0.3) is 0 Å². The Bertz CT molecular complexity index is 712. The number of morpholine rings is 1. The monoisotopic (exact) mass is 354 g/mol. The van der Waals surface area contributed by atoms with Crippen molar-refractivity contribution in [2.75, 3.05) is 43.1 Å². The molecule has 0 aliphatic carbocycles. The molecule has 2 aromatic rings. The number of amides is 1. The zero-order valence-corrected chi connectivity index (χ0v) is 15.2. The number of carbonyl (C=O) groups is 1. The van der Waals surface area contributed by atoms with Gasteiger partial charge in [0.05, 0.1) is 19.8 Å². The number of nitrogens with one attached hydrogen (secondary N) is 1. The number of benzene rings is 2. The first-order valence-corrected chi connectivity index (χ1v) is 9.13. The van der Waals surface area contributed by atoms with Crippen LogP contribution in [0.3, 0.4) is 0 Å². The number of hydrogen-bond acceptors (Lipinski definition) is 4. The predicted octanol–water partition coefficient (Wildman–Crippen LogP) is 3.63. The minimum Gasteiger partial charge on any atom is -0.494 e. The van der Waals surface area contributed by atoms with Gasteiger partial charge in [0.1, 0.15) is 5.75 Å². The average molecular weight is 354 g/mol. The molecule has 138 valence electrons. The molecule has 0 atom stereocenters. The van der Waals surface area contributed by atoms with Crippen molar-refractivity contribution in [3.8, 4) is 5.75 Å². The topological polar surface area (TPSA) is 50.8 Å². The number of ether oxygens (including phenoxy) is 2. The average Bonchev–Trinajstić information content (AvgIpc) is 2.68. The van der Waals surface area contributed by atoms with Crippen LogP contribution in [0.5, 0.6) is 5.75 Å². The molecule has 0 spiro atoms. The first kappa shape index (κ1) is 18.3. The molecule has 1 heterocycles. The van der Waals surface area contributed by atoms with E-state index in [0.717, 1.165) is 49.0 Å². The summed E-state index contributed by atoms with van der Waals surface area (Å²) in [7, 11) is 0. The van der Waals surface area contributed by atoms with E-state index in [9.17, 15) is 4.79 Å². The predicted molar refractivity (Wildman–Crippen MR) is 104 cm³/mol. The molecular weight excluding hydrogens is 328 g/mol. The van der Waals surface area contributed by atoms with Crippen molar-refractivity contribution in [3.63, 3.8) is 0 Å². The van der Waals surface area contributed by atoms with Gasteiger partial charge < -0.3 is 19.7 Å². The Balaban J connectivity index is 1.48. The number of nitrogens with zero attached hydrogens (tertiary/aromatic N) is 1. The molecule has 1 N–H and O–H groups in total. The standard InChI is InChI=1S/C21H26N2O3/c1-17-9-10-18(23-11-14-25-15-12-23)16-20(17)22-21(24)8-5-13-26-19-6-3-2-4-7-19/h2-4,6-7,9-10,16H,5,8,11-15H2,1H3,(H,22,24). The van der Waals surface area contributed by atoms with E-state index < -0.39 is 0 Å². The van der Waals surface area contributed by atoms with Crippen molar-refractivity contribution in [2.45, 2.75) is 19.8 Å². The fourth-order valence-corrected chi connectivity index (χ4v) is 2.92. The van der Waals surface area contributed by atoms with Crippen LogP contribution in [-0.4, -0.2) is 38.8 Å². The Hall–Kier alpha value is -2.53. The zero-order valence-electron chi connectivity index (χ0n) is 15.2. The summed E-state index contributed by atoms with van der Waals surface area (Å²) in [5, 5.41) is 3.04. The summed E-state index contributed by atoms with van der Waals surface area (Å²) in [6.45, 7) is 5.80. The van der Waals surface area contributed by atoms with Crippen molar-refractivity contribution < 1.29 is 14.3 Å². The number of para-hydroxylation sites is 1. The first-order chi connectivity index (χ1) is 12.7. The van der Waals surface area contributed by atoms with E-state index in [1.807, 2.05) is 37.3 Å². The van der Waals surface area contributed by atoms with Gasteiger partial charge in [-0.1, -0.05) is 24.3 Å². The summed E-state index contributed by atoms with van der Waals surface area (Å²) < 4.78 is 11.0. The second-order valence-corrected chi connectivity index (χ2v) is 6.41. The quantitative estimate of drug-likeness (QED) is 0.772. The normalized spacial score (nSPS) is 14.1. The third-order valence-electron chi connectivity index (χ3n) is 4.43. The number of hydrogen-bond donors (Lipinski definition) is 1. The Labute approximate surface area is 154 Å². The van der Waals surface area contributed by atoms with Gasteiger partial charge >= 0.3 is 0 Å². The Kier molecular flexibility index (Phi) is 6.50. The van der Waals surface area contributed by atoms with E-state index in [2.05, 4.69) is 28.4 Å². The lowest BCUT2D eigenvalue weighted by Crippen LogP contribution is -2.36. The smallest absolute Gasteiger partial charge is 0.224 e. The maximum atomic E-state index is 12.3. The van der Waals surface area contributed by atoms with Crippen LogP contribution in [0.1, 0.15) is 18.4 Å². The summed E-state index contributed by atoms with van der Waals surface area (Å²) in [5.41, 5.74) is 3.07. The summed E-state index contributed by atoms with van der Waals surface area (Å²) in [6.07, 6.45) is 1.12. The lowest BCUT2D eigenvalue weighted by atomic mass is 10.1. The lowest BCUT2D eigenvalue weighted by Gasteiger charge is -2.29. The molecule has 1 fully saturated rings. The van der Waals surface area contributed by atoms with Crippen LogP contribution >= 0.6 is 0 Å². The number of anilines is 2. The molecule has 0 unspecified atom stereocenters. The van der Waals surface area contributed by atoms with Crippen molar-refractivity contribution in [2.24, 2.45) is 0 Å². The molecule has 3 rings (SSSR count). The molecule has 0 aromatic heterocycles. The number of carbonyl (C=O) groups excluding carboxylic acids is 1. The minimum atomic E-state index is 0.0175. The first-order valence-electron chi connectivity index (χ1n) is 9.13. The van der Waals surface area contributed by atoms with E-state index >= 15 is 0 Å². The Morgan fingerprint density at radius 3 is 2.69 bits per heavy atom. The van der Waals surface area contributed by atoms with E-state index in [1.165, 1.54) is 0 Å². The molecule has 0 bridgehead atoms. The third kappa shape index (κ3) is 5.23. The molecule has 1 saturated heterocycles. The highest BCUT2D eigenvalue weighted by molar-refractivity contribution is 5.92. The molecule has 0 saturated carbocycles. The van der Waals surface area contributed by atoms with Crippen LogP contribution in [0, 0.1) is 6.92 Å². The summed E-state index contributed by atoms with van der Waals surface area (Å²) >= 11 is 0. The van der Waals surface area contributed by atoms with Gasteiger partial charge in [0.2, 0.25) is 5.91 Å². The van der Waals surface area contributed by atoms with Gasteiger partial charge in [0.25, 0.3) is 0 Å². The molecule has 2 aromatic carbocycles. The molecule has 26 heavy (non-hydrogen) atoms. The number of aryl methyl sites for hydroxylation is 1. The highest BCUT2D eigenvalue weighted by atomic mass is 16.5. The van der Waals surface area contributed by atoms with Crippen LogP contribution in [-0.2, 0) is 9.53 Å². The maximum Gasteiger partial charge on any atom is 0.224 e. The maximum absolute atomic E-state index is 12.3. The summed E-state index contributed by atoms with van der Waals surface area (Å²) in [6, 6.07) is 15.9. The van der Waals surface area contributed by atoms with Crippen molar-refractivity contribution in [1.82, 2.24) is 0 Å². The van der Waals surface area contributed by atoms with Gasteiger partial charge in [-0.15, -0.1) is 0 Å². The van der Waals surface area contributed by atoms with Crippen LogP contribution < -0.4 is 15.0 Å². The van der Waals surface area contributed by atoms with E-state index in [1.54, 1.807) is 0 Å². The van der Waals surface area contributed by atoms with Crippen LogP contribution in [0.2, 0.25) is 0 Å². The molecule has 1 aliphatic heterocycles. The van der Waals surface area contributed by atoms with E-state index in [-0.39, 0.29) is 5.91 Å². The van der Waals surface area contributed by atoms with Gasteiger partial charge in [-0.3, -0.25) is 4.79 Å². The van der Waals surface area contributed by atoms with Crippen LogP contribution in [0.15, 0.2) is 48.5 Å². The second kappa shape index (κ2) is 9.25. The van der Waals surface area contributed by atoms with Crippen molar-refractivity contribution in [1.29, 1.82) is 0 Å². The molecule has 1 amide bonds. The van der Waals surface area contributed by atoms with Gasteiger partial charge in [-0.2, -0.15) is 0 Å². The fourth-order valence-electron chi connectivity index (χ4n) is 2.92. The van der Waals surface area contributed by atoms with E-state index in [0.29, 0.717) is 19.4 Å². The van der Waals surface area contributed by atoms with Gasteiger partial charge in [-0.05, 0) is 43.2 Å². The Morgan fingerprint density at radius 2 is 1.92 bits per heavy atom. The van der Waals surface area contributed by atoms with Crippen molar-refractivity contribution in [3.05, 3.63) is 54.1 Å². The highest BCUT2D eigenvalue weighted by Crippen LogP contribution is 2.24. The molecular formula is C21H26N2O3. The number of rotatable bonds is 7. The summed E-state index contributed by atoms with van der Waals surface area (Å²) in [4.78, 5) is 14.5. The minimum absolute atomic E-state index is 0.0175. The third-order valence-corrected chi connectivity index (χ3v) is 4.43. The van der Waals surface area contributed by atoms with Gasteiger partial charge in [0, 0.05) is 30.9 Å². The second-order valence-electron chi connectivity index (χ2n) is 6.41. The zero-order chi connectivity index (χ0) is 18.2. The largest absolute Gasteiger partial charge is 0.494 e. The molecule has 1 aliphatic rings. The van der Waals surface area contributed by atoms with Gasteiger partial charge in [-0.25, -0.2) is 0 Å². The highest BCUT2D eigenvalue weighted by Gasteiger charge is 2.13. The molecule has 5 heteroatoms.